The van der Waals surface area contributed by atoms with Crippen LogP contribution in [0.4, 0.5) is 11.4 Å². The van der Waals surface area contributed by atoms with Gasteiger partial charge in [-0.15, -0.1) is 0 Å². The lowest BCUT2D eigenvalue weighted by Crippen LogP contribution is -2.47. The second kappa shape index (κ2) is 11.5. The van der Waals surface area contributed by atoms with Crippen LogP contribution in [-0.4, -0.2) is 50.6 Å². The first-order chi connectivity index (χ1) is 17.7. The van der Waals surface area contributed by atoms with Gasteiger partial charge >= 0.3 is 0 Å². The summed E-state index contributed by atoms with van der Waals surface area (Å²) in [5.41, 5.74) is 6.16. The number of hydrogen-bond acceptors (Lipinski definition) is 5. The van der Waals surface area contributed by atoms with Gasteiger partial charge < -0.3 is 24.8 Å². The van der Waals surface area contributed by atoms with Crippen LogP contribution in [0.3, 0.4) is 0 Å². The molecule has 3 aromatic rings. The van der Waals surface area contributed by atoms with E-state index in [1.54, 1.807) is 7.11 Å². The lowest BCUT2D eigenvalue weighted by atomic mass is 10.1. The molecule has 6 nitrogen and oxygen atoms in total. The van der Waals surface area contributed by atoms with E-state index < -0.39 is 0 Å². The summed E-state index contributed by atoms with van der Waals surface area (Å²) in [6.07, 6.45) is 2.55. The third-order valence-corrected chi connectivity index (χ3v) is 7.13. The molecule has 6 heteroatoms. The number of anilines is 2. The molecule has 0 radical (unpaired) electrons. The second-order valence-corrected chi connectivity index (χ2v) is 9.73. The predicted octanol–water partition coefficient (Wildman–Crippen LogP) is 4.43. The normalized spacial score (nSPS) is 15.9. The quantitative estimate of drug-likeness (QED) is 0.487. The first-order valence-corrected chi connectivity index (χ1v) is 13.0. The summed E-state index contributed by atoms with van der Waals surface area (Å²) in [6, 6.07) is 26.0. The number of rotatable bonds is 9. The summed E-state index contributed by atoms with van der Waals surface area (Å²) in [5.74, 6) is 1.04. The molecule has 2 heterocycles. The summed E-state index contributed by atoms with van der Waals surface area (Å²) >= 11 is 0. The molecule has 1 N–H and O–H groups in total. The molecule has 2 aliphatic rings. The van der Waals surface area contributed by atoms with Gasteiger partial charge in [0.05, 0.1) is 13.7 Å². The minimum absolute atomic E-state index is 0.169. The fraction of sp³-hybridized carbons (Fsp3) is 0.367. The standard InChI is InChI=1S/C30H36N4O2/c1-36-29-9-5-7-26(19-29)23-34(22-25-6-4-8-28(18-25)32-15-2-3-16-32)27-12-10-24(11-13-27)21-33-17-14-31-20-30(33)35/h4-13,18-19,31H,2-3,14-17,20-23H2,1H3. The Kier molecular flexibility index (Phi) is 7.72. The molecular weight excluding hydrogens is 448 g/mol. The maximum absolute atomic E-state index is 12.2. The molecule has 0 bridgehead atoms. The highest BCUT2D eigenvalue weighted by Gasteiger charge is 2.18. The van der Waals surface area contributed by atoms with Gasteiger partial charge in [-0.1, -0.05) is 36.4 Å². The van der Waals surface area contributed by atoms with Crippen molar-refractivity contribution in [2.45, 2.75) is 32.5 Å². The van der Waals surface area contributed by atoms with Crippen LogP contribution in [0.2, 0.25) is 0 Å². The zero-order valence-corrected chi connectivity index (χ0v) is 21.2. The van der Waals surface area contributed by atoms with E-state index in [9.17, 15) is 4.79 Å². The van der Waals surface area contributed by atoms with Crippen molar-refractivity contribution in [2.75, 3.05) is 49.6 Å². The number of carbonyl (C=O) groups is 1. The Morgan fingerprint density at radius 3 is 2.31 bits per heavy atom. The molecule has 0 spiro atoms. The minimum atomic E-state index is 0.169. The third kappa shape index (κ3) is 6.00. The Balaban J connectivity index is 1.36. The zero-order valence-electron chi connectivity index (χ0n) is 21.2. The highest BCUT2D eigenvalue weighted by molar-refractivity contribution is 5.79. The van der Waals surface area contributed by atoms with Crippen molar-refractivity contribution in [3.8, 4) is 5.75 Å². The number of amides is 1. The van der Waals surface area contributed by atoms with E-state index in [0.717, 1.165) is 50.6 Å². The number of ether oxygens (including phenoxy) is 1. The molecule has 0 aromatic heterocycles. The van der Waals surface area contributed by atoms with E-state index in [0.29, 0.717) is 13.1 Å². The topological polar surface area (TPSA) is 48.1 Å². The van der Waals surface area contributed by atoms with Crippen molar-refractivity contribution in [1.82, 2.24) is 10.2 Å². The van der Waals surface area contributed by atoms with Crippen LogP contribution in [-0.2, 0) is 24.4 Å². The number of nitrogens with zero attached hydrogens (tertiary/aromatic N) is 3. The summed E-state index contributed by atoms with van der Waals surface area (Å²) in [4.78, 5) is 19.0. The second-order valence-electron chi connectivity index (χ2n) is 9.73. The average molecular weight is 485 g/mol. The lowest BCUT2D eigenvalue weighted by Gasteiger charge is -2.28. The first-order valence-electron chi connectivity index (χ1n) is 13.0. The first kappa shape index (κ1) is 24.2. The number of benzene rings is 3. The highest BCUT2D eigenvalue weighted by Crippen LogP contribution is 2.26. The third-order valence-electron chi connectivity index (χ3n) is 7.13. The van der Waals surface area contributed by atoms with Crippen LogP contribution < -0.4 is 19.9 Å². The van der Waals surface area contributed by atoms with Gasteiger partial charge in [0, 0.05) is 57.2 Å². The van der Waals surface area contributed by atoms with Crippen LogP contribution in [0.15, 0.2) is 72.8 Å². The maximum Gasteiger partial charge on any atom is 0.236 e. The SMILES string of the molecule is COc1cccc(CN(Cc2cccc(N3CCCC3)c2)c2ccc(CN3CCNCC3=O)cc2)c1. The van der Waals surface area contributed by atoms with Gasteiger partial charge in [0.25, 0.3) is 0 Å². The van der Waals surface area contributed by atoms with Gasteiger partial charge in [0.1, 0.15) is 5.75 Å². The monoisotopic (exact) mass is 484 g/mol. The summed E-state index contributed by atoms with van der Waals surface area (Å²) in [7, 11) is 1.71. The van der Waals surface area contributed by atoms with Crippen LogP contribution in [0, 0.1) is 0 Å². The molecule has 2 fully saturated rings. The molecule has 2 saturated heterocycles. The van der Waals surface area contributed by atoms with Crippen LogP contribution in [0.5, 0.6) is 5.75 Å². The van der Waals surface area contributed by atoms with Gasteiger partial charge in [-0.2, -0.15) is 0 Å². The Morgan fingerprint density at radius 2 is 1.58 bits per heavy atom. The molecule has 0 saturated carbocycles. The molecule has 0 aliphatic carbocycles. The Morgan fingerprint density at radius 1 is 0.861 bits per heavy atom. The Hall–Kier alpha value is -3.51. The smallest absolute Gasteiger partial charge is 0.236 e. The van der Waals surface area contributed by atoms with Crippen molar-refractivity contribution in [3.63, 3.8) is 0 Å². The predicted molar refractivity (Wildman–Crippen MR) is 145 cm³/mol. The van der Waals surface area contributed by atoms with Crippen LogP contribution in [0.25, 0.3) is 0 Å². The molecule has 5 rings (SSSR count). The molecular formula is C30H36N4O2. The van der Waals surface area contributed by atoms with E-state index in [1.807, 2.05) is 17.0 Å². The van der Waals surface area contributed by atoms with Gasteiger partial charge in [-0.05, 0) is 65.9 Å². The molecule has 188 valence electrons. The van der Waals surface area contributed by atoms with Crippen molar-refractivity contribution < 1.29 is 9.53 Å². The fourth-order valence-electron chi connectivity index (χ4n) is 5.12. The maximum atomic E-state index is 12.2. The van der Waals surface area contributed by atoms with Crippen molar-refractivity contribution in [1.29, 1.82) is 0 Å². The largest absolute Gasteiger partial charge is 0.497 e. The Labute approximate surface area is 214 Å². The summed E-state index contributed by atoms with van der Waals surface area (Å²) in [6.45, 7) is 6.60. The molecule has 3 aromatic carbocycles. The van der Waals surface area contributed by atoms with Crippen molar-refractivity contribution in [3.05, 3.63) is 89.5 Å². The minimum Gasteiger partial charge on any atom is -0.497 e. The number of methoxy groups -OCH3 is 1. The van der Waals surface area contributed by atoms with Crippen molar-refractivity contribution in [2.24, 2.45) is 0 Å². The highest BCUT2D eigenvalue weighted by atomic mass is 16.5. The van der Waals surface area contributed by atoms with Gasteiger partial charge in [-0.3, -0.25) is 4.79 Å². The Bertz CT molecular complexity index is 1160. The van der Waals surface area contributed by atoms with Gasteiger partial charge in [0.15, 0.2) is 0 Å². The fourth-order valence-corrected chi connectivity index (χ4v) is 5.12. The van der Waals surface area contributed by atoms with E-state index >= 15 is 0 Å². The summed E-state index contributed by atoms with van der Waals surface area (Å²) in [5, 5.41) is 3.14. The molecule has 2 aliphatic heterocycles. The molecule has 0 unspecified atom stereocenters. The number of hydrogen-bond donors (Lipinski definition) is 1. The van der Waals surface area contributed by atoms with Crippen LogP contribution in [0.1, 0.15) is 29.5 Å². The average Bonchev–Trinajstić information content (AvgIpc) is 3.46. The number of nitrogens with one attached hydrogen (secondary N) is 1. The molecule has 36 heavy (non-hydrogen) atoms. The number of carbonyl (C=O) groups excluding carboxylic acids is 1. The van der Waals surface area contributed by atoms with Gasteiger partial charge in [0.2, 0.25) is 5.91 Å². The zero-order chi connectivity index (χ0) is 24.7. The number of piperazine rings is 1. The molecule has 0 atom stereocenters. The van der Waals surface area contributed by atoms with Gasteiger partial charge in [-0.25, -0.2) is 0 Å². The van der Waals surface area contributed by atoms with E-state index in [2.05, 4.69) is 75.8 Å². The van der Waals surface area contributed by atoms with E-state index in [4.69, 9.17) is 4.74 Å². The van der Waals surface area contributed by atoms with E-state index in [1.165, 1.54) is 35.3 Å². The van der Waals surface area contributed by atoms with E-state index in [-0.39, 0.29) is 5.91 Å². The van der Waals surface area contributed by atoms with Crippen LogP contribution >= 0.6 is 0 Å². The molecule has 1 amide bonds. The summed E-state index contributed by atoms with van der Waals surface area (Å²) < 4.78 is 5.47. The lowest BCUT2D eigenvalue weighted by molar-refractivity contribution is -0.132. The van der Waals surface area contributed by atoms with Crippen molar-refractivity contribution >= 4 is 17.3 Å².